The molecule has 0 unspecified atom stereocenters. The van der Waals surface area contributed by atoms with Crippen LogP contribution < -0.4 is 4.74 Å². The minimum atomic E-state index is -0.936. The van der Waals surface area contributed by atoms with E-state index >= 15 is 0 Å². The Morgan fingerprint density at radius 3 is 2.11 bits per heavy atom. The molecule has 5 heteroatoms. The lowest BCUT2D eigenvalue weighted by molar-refractivity contribution is 0.112. The molecule has 0 saturated heterocycles. The van der Waals surface area contributed by atoms with Gasteiger partial charge < -0.3 is 4.74 Å². The van der Waals surface area contributed by atoms with Gasteiger partial charge in [0.1, 0.15) is 29.5 Å². The van der Waals surface area contributed by atoms with Crippen LogP contribution in [0.1, 0.15) is 10.4 Å². The second-order valence-electron chi connectivity index (χ2n) is 3.82. The number of halogens is 3. The lowest BCUT2D eigenvalue weighted by Crippen LogP contribution is -1.96. The van der Waals surface area contributed by atoms with Crippen LogP contribution in [0.25, 0.3) is 11.1 Å². The number of hydrogen-bond acceptors (Lipinski definition) is 2. The van der Waals surface area contributed by atoms with E-state index in [9.17, 15) is 18.0 Å². The fraction of sp³-hybridized carbons (Fsp3) is 0.0714. The first-order chi connectivity index (χ1) is 9.06. The summed E-state index contributed by atoms with van der Waals surface area (Å²) in [5, 5.41) is 0. The molecule has 2 aromatic rings. The Labute approximate surface area is 107 Å². The quantitative estimate of drug-likeness (QED) is 0.793. The number of aldehydes is 1. The second-order valence-corrected chi connectivity index (χ2v) is 3.82. The van der Waals surface area contributed by atoms with Crippen molar-refractivity contribution >= 4 is 6.29 Å². The average molecular weight is 266 g/mol. The van der Waals surface area contributed by atoms with Crippen molar-refractivity contribution in [1.82, 2.24) is 0 Å². The van der Waals surface area contributed by atoms with Crippen molar-refractivity contribution in [3.05, 3.63) is 53.3 Å². The van der Waals surface area contributed by atoms with Gasteiger partial charge in [-0.1, -0.05) is 12.1 Å². The van der Waals surface area contributed by atoms with Crippen molar-refractivity contribution in [2.24, 2.45) is 0 Å². The van der Waals surface area contributed by atoms with Crippen LogP contribution in [0.2, 0.25) is 0 Å². The fourth-order valence-electron chi connectivity index (χ4n) is 1.73. The lowest BCUT2D eigenvalue weighted by Gasteiger charge is -2.09. The standard InChI is InChI=1S/C14H9F3O2/c1-19-9-5-12(16)14(13(17)6-9)10-3-2-8(7-18)4-11(10)15/h2-7H,1H3. The number of ether oxygens (including phenoxy) is 1. The van der Waals surface area contributed by atoms with Crippen LogP contribution in [0.5, 0.6) is 5.75 Å². The molecule has 0 aromatic heterocycles. The van der Waals surface area contributed by atoms with E-state index in [1.807, 2.05) is 0 Å². The van der Waals surface area contributed by atoms with E-state index < -0.39 is 23.0 Å². The van der Waals surface area contributed by atoms with E-state index in [-0.39, 0.29) is 16.9 Å². The predicted molar refractivity (Wildman–Crippen MR) is 63.7 cm³/mol. The normalized spacial score (nSPS) is 10.3. The number of hydrogen-bond donors (Lipinski definition) is 0. The van der Waals surface area contributed by atoms with Crippen LogP contribution in [0.3, 0.4) is 0 Å². The molecule has 19 heavy (non-hydrogen) atoms. The summed E-state index contributed by atoms with van der Waals surface area (Å²) < 4.78 is 46.0. The number of methoxy groups -OCH3 is 1. The van der Waals surface area contributed by atoms with Gasteiger partial charge in [0.15, 0.2) is 0 Å². The lowest BCUT2D eigenvalue weighted by atomic mass is 10.0. The van der Waals surface area contributed by atoms with E-state index in [1.54, 1.807) is 0 Å². The topological polar surface area (TPSA) is 26.3 Å². The summed E-state index contributed by atoms with van der Waals surface area (Å²) in [5.74, 6) is -2.74. The Morgan fingerprint density at radius 2 is 1.63 bits per heavy atom. The third-order valence-electron chi connectivity index (χ3n) is 2.65. The number of carbonyl (C=O) groups is 1. The van der Waals surface area contributed by atoms with Crippen LogP contribution in [0.15, 0.2) is 30.3 Å². The van der Waals surface area contributed by atoms with Gasteiger partial charge >= 0.3 is 0 Å². The molecule has 2 aromatic carbocycles. The fourth-order valence-corrected chi connectivity index (χ4v) is 1.73. The molecule has 0 saturated carbocycles. The monoisotopic (exact) mass is 266 g/mol. The highest BCUT2D eigenvalue weighted by Gasteiger charge is 2.17. The van der Waals surface area contributed by atoms with Gasteiger partial charge in [0.05, 0.1) is 12.7 Å². The highest BCUT2D eigenvalue weighted by Crippen LogP contribution is 2.31. The van der Waals surface area contributed by atoms with E-state index in [4.69, 9.17) is 4.74 Å². The molecular formula is C14H9F3O2. The van der Waals surface area contributed by atoms with Crippen LogP contribution in [0.4, 0.5) is 13.2 Å². The average Bonchev–Trinajstić information content (AvgIpc) is 2.39. The van der Waals surface area contributed by atoms with Gasteiger partial charge in [-0.2, -0.15) is 0 Å². The van der Waals surface area contributed by atoms with Gasteiger partial charge in [-0.05, 0) is 6.07 Å². The van der Waals surface area contributed by atoms with Gasteiger partial charge in [0.2, 0.25) is 0 Å². The van der Waals surface area contributed by atoms with Crippen LogP contribution >= 0.6 is 0 Å². The molecule has 2 rings (SSSR count). The van der Waals surface area contributed by atoms with Crippen LogP contribution in [-0.2, 0) is 0 Å². The minimum absolute atomic E-state index is 0.00340. The number of benzene rings is 2. The van der Waals surface area contributed by atoms with Crippen LogP contribution in [-0.4, -0.2) is 13.4 Å². The summed E-state index contributed by atoms with van der Waals surface area (Å²) in [5.41, 5.74) is -0.644. The maximum absolute atomic E-state index is 13.8. The Balaban J connectivity index is 2.62. The van der Waals surface area contributed by atoms with Gasteiger partial charge in [-0.3, -0.25) is 4.79 Å². The molecule has 98 valence electrons. The molecule has 0 amide bonds. The first-order valence-corrected chi connectivity index (χ1v) is 5.35. The van der Waals surface area contributed by atoms with Gasteiger partial charge in [0, 0.05) is 23.3 Å². The molecule has 0 atom stereocenters. The Bertz CT molecular complexity index is 616. The van der Waals surface area contributed by atoms with E-state index in [1.165, 1.54) is 13.2 Å². The molecule has 0 fully saturated rings. The summed E-state index contributed by atoms with van der Waals surface area (Å²) in [6.07, 6.45) is 0.452. The van der Waals surface area contributed by atoms with E-state index in [2.05, 4.69) is 0 Å². The predicted octanol–water partition coefficient (Wildman–Crippen LogP) is 3.59. The first-order valence-electron chi connectivity index (χ1n) is 5.35. The zero-order chi connectivity index (χ0) is 14.0. The molecule has 0 aliphatic rings. The van der Waals surface area contributed by atoms with Gasteiger partial charge in [-0.25, -0.2) is 13.2 Å². The zero-order valence-electron chi connectivity index (χ0n) is 9.91. The summed E-state index contributed by atoms with van der Waals surface area (Å²) in [6, 6.07) is 5.30. The summed E-state index contributed by atoms with van der Waals surface area (Å²) in [6.45, 7) is 0. The molecular weight excluding hydrogens is 257 g/mol. The van der Waals surface area contributed by atoms with Crippen molar-refractivity contribution < 1.29 is 22.7 Å². The Hall–Kier alpha value is -2.30. The number of carbonyl (C=O) groups excluding carboxylic acids is 1. The SMILES string of the molecule is COc1cc(F)c(-c2ccc(C=O)cc2F)c(F)c1. The second kappa shape index (κ2) is 5.14. The van der Waals surface area contributed by atoms with Gasteiger partial charge in [0.25, 0.3) is 0 Å². The number of rotatable bonds is 3. The van der Waals surface area contributed by atoms with Crippen LogP contribution in [0, 0.1) is 17.5 Å². The summed E-state index contributed by atoms with van der Waals surface area (Å²) >= 11 is 0. The molecule has 0 spiro atoms. The molecule has 0 heterocycles. The molecule has 0 aliphatic heterocycles. The summed E-state index contributed by atoms with van der Waals surface area (Å²) in [4.78, 5) is 10.5. The highest BCUT2D eigenvalue weighted by molar-refractivity contribution is 5.77. The van der Waals surface area contributed by atoms with E-state index in [0.29, 0.717) is 6.29 Å². The van der Waals surface area contributed by atoms with Crippen molar-refractivity contribution in [1.29, 1.82) is 0 Å². The molecule has 2 nitrogen and oxygen atoms in total. The summed E-state index contributed by atoms with van der Waals surface area (Å²) in [7, 11) is 1.27. The highest BCUT2D eigenvalue weighted by atomic mass is 19.1. The Morgan fingerprint density at radius 1 is 1.00 bits per heavy atom. The third kappa shape index (κ3) is 2.45. The third-order valence-corrected chi connectivity index (χ3v) is 2.65. The molecule has 0 bridgehead atoms. The largest absolute Gasteiger partial charge is 0.497 e. The van der Waals surface area contributed by atoms with Crippen molar-refractivity contribution in [3.8, 4) is 16.9 Å². The first kappa shape index (κ1) is 13.1. The molecule has 0 radical (unpaired) electrons. The zero-order valence-corrected chi connectivity index (χ0v) is 9.91. The van der Waals surface area contributed by atoms with Crippen molar-refractivity contribution in [3.63, 3.8) is 0 Å². The minimum Gasteiger partial charge on any atom is -0.497 e. The maximum atomic E-state index is 13.8. The van der Waals surface area contributed by atoms with Gasteiger partial charge in [-0.15, -0.1) is 0 Å². The Kier molecular flexibility index (Phi) is 3.55. The van der Waals surface area contributed by atoms with Crippen molar-refractivity contribution in [2.75, 3.05) is 7.11 Å². The van der Waals surface area contributed by atoms with E-state index in [0.717, 1.165) is 24.3 Å². The molecule has 0 aliphatic carbocycles. The molecule has 0 N–H and O–H groups in total. The van der Waals surface area contributed by atoms with Crippen molar-refractivity contribution in [2.45, 2.75) is 0 Å². The smallest absolute Gasteiger partial charge is 0.150 e. The maximum Gasteiger partial charge on any atom is 0.150 e.